The van der Waals surface area contributed by atoms with Crippen molar-refractivity contribution in [2.45, 2.75) is 138 Å². The number of nitrogens with one attached hydrogen (secondary N) is 10. The van der Waals surface area contributed by atoms with Crippen molar-refractivity contribution in [2.24, 2.45) is 11.5 Å². The summed E-state index contributed by atoms with van der Waals surface area (Å²) in [6, 6.07) is -20.2. The predicted molar refractivity (Wildman–Crippen MR) is 255 cm³/mol. The Kier molecular flexibility index (Phi) is 30.7. The first-order valence-corrected chi connectivity index (χ1v) is 23.2. The standard InChI is InChI=1S/C42H62N12O26/c1-15(33(44)71)45-34(72)17(3-6-27(59)60)47-35(73)18(4-7-28(61)62)48-39(77)22(11-31(67)68)52-42(80)25(14-56)53-37(75)20(9-26(43)58)50-40(78)23(12-32(69)70)51-36(74)19(5-8-29(63)64)49-41(79)24(13-55)54-38(76)21(10-30(65)66)46-16(2)57/h15,17-25,55-56H,3-14H2,1-2H3,(H2,43,58)(H2,44,71)(H,45,72)(H,46,57)(H,47,73)(H,48,77)(H,49,79)(H,50,78)(H,51,74)(H,52,80)(H,53,75)(H,54,76)(H,59,60)(H,61,62)(H,63,64)(H,65,66)(H,67,68)(H,69,70)/t15-,17-,18-,19-,20-,21-,22-,23-,24-,25-/m1/s1. The molecule has 0 aromatic carbocycles. The van der Waals surface area contributed by atoms with Gasteiger partial charge in [-0.05, 0) is 26.2 Å². The van der Waals surface area contributed by atoms with Crippen molar-refractivity contribution in [3.63, 3.8) is 0 Å². The van der Waals surface area contributed by atoms with E-state index in [1.54, 1.807) is 0 Å². The van der Waals surface area contributed by atoms with E-state index < -0.39 is 245 Å². The number of carbonyl (C=O) groups excluding carboxylic acids is 12. The van der Waals surface area contributed by atoms with Crippen molar-refractivity contribution >= 4 is 107 Å². The van der Waals surface area contributed by atoms with Crippen LogP contribution in [0.3, 0.4) is 0 Å². The lowest BCUT2D eigenvalue weighted by molar-refractivity contribution is -0.143. The Morgan fingerprint density at radius 2 is 0.550 bits per heavy atom. The molecule has 22 N–H and O–H groups in total. The van der Waals surface area contributed by atoms with Crippen LogP contribution in [0.15, 0.2) is 0 Å². The van der Waals surface area contributed by atoms with E-state index in [1.165, 1.54) is 0 Å². The van der Waals surface area contributed by atoms with E-state index in [-0.39, 0.29) is 0 Å². The number of nitrogens with two attached hydrogens (primary N) is 2. The topological polar surface area (TPSA) is 641 Å². The monoisotopic (exact) mass is 1150 g/mol. The number of aliphatic hydroxyl groups excluding tert-OH is 2. The van der Waals surface area contributed by atoms with Gasteiger partial charge in [-0.1, -0.05) is 0 Å². The van der Waals surface area contributed by atoms with Crippen molar-refractivity contribution < 1.29 is 127 Å². The number of rotatable bonds is 39. The van der Waals surface area contributed by atoms with Gasteiger partial charge in [-0.25, -0.2) is 0 Å². The molecule has 38 nitrogen and oxygen atoms in total. The number of amides is 12. The summed E-state index contributed by atoms with van der Waals surface area (Å²) in [5.74, 6) is -26.5. The summed E-state index contributed by atoms with van der Waals surface area (Å²) >= 11 is 0. The van der Waals surface area contributed by atoms with E-state index in [1.807, 2.05) is 42.5 Å². The van der Waals surface area contributed by atoms with Gasteiger partial charge in [-0.3, -0.25) is 86.3 Å². The molecule has 446 valence electrons. The molecule has 12 amide bonds. The smallest absolute Gasteiger partial charge is 0.305 e. The maximum Gasteiger partial charge on any atom is 0.305 e. The number of aliphatic hydroxyl groups is 2. The first-order chi connectivity index (χ1) is 37.1. The summed E-state index contributed by atoms with van der Waals surface area (Å²) in [4.78, 5) is 224. The minimum absolute atomic E-state index is 0.644. The van der Waals surface area contributed by atoms with Crippen LogP contribution in [-0.2, 0) is 86.3 Å². The van der Waals surface area contributed by atoms with Gasteiger partial charge in [-0.2, -0.15) is 0 Å². The van der Waals surface area contributed by atoms with E-state index in [2.05, 4.69) is 10.6 Å². The Balaban J connectivity index is 6.69. The first kappa shape index (κ1) is 70.4. The Labute approximate surface area is 449 Å². The van der Waals surface area contributed by atoms with Crippen molar-refractivity contribution in [3.05, 3.63) is 0 Å². The minimum atomic E-state index is -2.32. The van der Waals surface area contributed by atoms with Crippen molar-refractivity contribution in [1.29, 1.82) is 0 Å². The summed E-state index contributed by atoms with van der Waals surface area (Å²) in [5, 5.41) is 95.3. The Morgan fingerprint density at radius 1 is 0.325 bits per heavy atom. The van der Waals surface area contributed by atoms with E-state index in [4.69, 9.17) is 21.7 Å². The van der Waals surface area contributed by atoms with Gasteiger partial charge < -0.3 is 105 Å². The fourth-order valence-electron chi connectivity index (χ4n) is 6.37. The second-order valence-electron chi connectivity index (χ2n) is 17.0. The lowest BCUT2D eigenvalue weighted by Gasteiger charge is -2.27. The number of carbonyl (C=O) groups is 18. The molecule has 0 aromatic rings. The van der Waals surface area contributed by atoms with Crippen molar-refractivity contribution in [1.82, 2.24) is 53.2 Å². The fraction of sp³-hybridized carbons (Fsp3) is 0.571. The Hall–Kier alpha value is -9.62. The zero-order valence-corrected chi connectivity index (χ0v) is 42.3. The molecule has 0 aliphatic carbocycles. The summed E-state index contributed by atoms with van der Waals surface area (Å²) < 4.78 is 0. The highest BCUT2D eigenvalue weighted by Crippen LogP contribution is 2.08. The molecule has 38 heteroatoms. The average Bonchev–Trinajstić information content (AvgIpc) is 3.33. The van der Waals surface area contributed by atoms with Gasteiger partial charge in [0.1, 0.15) is 60.4 Å². The molecule has 0 unspecified atom stereocenters. The second kappa shape index (κ2) is 34.9. The lowest BCUT2D eigenvalue weighted by atomic mass is 10.1. The minimum Gasteiger partial charge on any atom is -0.481 e. The van der Waals surface area contributed by atoms with Gasteiger partial charge in [0.05, 0.1) is 38.9 Å². The van der Waals surface area contributed by atoms with Crippen LogP contribution in [0, 0.1) is 0 Å². The summed E-state index contributed by atoms with van der Waals surface area (Å²) in [5.41, 5.74) is 10.3. The third kappa shape index (κ3) is 28.0. The maximum atomic E-state index is 13.6. The lowest BCUT2D eigenvalue weighted by Crippen LogP contribution is -2.61. The number of primary amides is 2. The molecule has 0 bridgehead atoms. The van der Waals surface area contributed by atoms with Crippen LogP contribution in [-0.4, -0.2) is 221 Å². The van der Waals surface area contributed by atoms with E-state index in [9.17, 15) is 117 Å². The zero-order valence-electron chi connectivity index (χ0n) is 42.3. The van der Waals surface area contributed by atoms with Crippen LogP contribution in [0.1, 0.15) is 78.1 Å². The second-order valence-corrected chi connectivity index (χ2v) is 17.0. The van der Waals surface area contributed by atoms with E-state index >= 15 is 0 Å². The molecule has 0 aromatic heterocycles. The van der Waals surface area contributed by atoms with Gasteiger partial charge in [0.2, 0.25) is 70.9 Å². The van der Waals surface area contributed by atoms with Crippen molar-refractivity contribution in [2.75, 3.05) is 13.2 Å². The first-order valence-electron chi connectivity index (χ1n) is 23.2. The normalized spacial score (nSPS) is 14.4. The van der Waals surface area contributed by atoms with E-state index in [0.717, 1.165) is 13.8 Å². The molecular formula is C42H62N12O26. The van der Waals surface area contributed by atoms with Gasteiger partial charge in [0.15, 0.2) is 0 Å². The van der Waals surface area contributed by atoms with E-state index in [0.29, 0.717) is 0 Å². The predicted octanol–water partition coefficient (Wildman–Crippen LogP) is -10.8. The number of carboxylic acids is 6. The number of aliphatic carboxylic acids is 6. The Morgan fingerprint density at radius 3 is 0.787 bits per heavy atom. The van der Waals surface area contributed by atoms with Crippen LogP contribution >= 0.6 is 0 Å². The SMILES string of the molecule is CC(=O)N[C@H](CC(=O)O)C(=O)N[C@H](CO)C(=O)N[C@H](CCC(=O)O)C(=O)N[C@H](CC(=O)O)C(=O)N[C@H](CC(N)=O)C(=O)N[C@H](CO)C(=O)N[C@H](CC(=O)O)C(=O)N[C@H](CCC(=O)O)C(=O)N[C@H](CCC(=O)O)C(=O)N[C@H](C)C(N)=O. The molecule has 0 saturated heterocycles. The van der Waals surface area contributed by atoms with Crippen LogP contribution in [0.5, 0.6) is 0 Å². The highest BCUT2D eigenvalue weighted by Gasteiger charge is 2.37. The zero-order chi connectivity index (χ0) is 61.7. The molecule has 0 heterocycles. The van der Waals surface area contributed by atoms with Gasteiger partial charge in [0, 0.05) is 26.2 Å². The molecule has 0 fully saturated rings. The molecule has 80 heavy (non-hydrogen) atoms. The molecule has 10 atom stereocenters. The van der Waals surface area contributed by atoms with Gasteiger partial charge in [-0.15, -0.1) is 0 Å². The van der Waals surface area contributed by atoms with Crippen LogP contribution in [0.2, 0.25) is 0 Å². The molecule has 0 radical (unpaired) electrons. The largest absolute Gasteiger partial charge is 0.481 e. The fourth-order valence-corrected chi connectivity index (χ4v) is 6.37. The van der Waals surface area contributed by atoms with Crippen molar-refractivity contribution in [3.8, 4) is 0 Å². The third-order valence-corrected chi connectivity index (χ3v) is 10.4. The maximum absolute atomic E-state index is 13.6. The Bertz CT molecular complexity index is 2370. The quantitative estimate of drug-likeness (QED) is 0.0272. The highest BCUT2D eigenvalue weighted by atomic mass is 16.4. The molecule has 0 aliphatic heterocycles. The summed E-state index contributed by atoms with van der Waals surface area (Å²) in [6.07, 6.45) is -9.84. The number of carboxylic acid groups (broad SMARTS) is 6. The van der Waals surface area contributed by atoms with Crippen LogP contribution in [0.4, 0.5) is 0 Å². The number of hydrogen-bond donors (Lipinski definition) is 20. The number of hydrogen-bond acceptors (Lipinski definition) is 20. The summed E-state index contributed by atoms with van der Waals surface area (Å²) in [7, 11) is 0. The van der Waals surface area contributed by atoms with Crippen LogP contribution in [0.25, 0.3) is 0 Å². The highest BCUT2D eigenvalue weighted by molar-refractivity contribution is 6.01. The molecular weight excluding hydrogens is 1090 g/mol. The third-order valence-electron chi connectivity index (χ3n) is 10.4. The summed E-state index contributed by atoms with van der Waals surface area (Å²) in [6.45, 7) is -0.657. The average molecular weight is 1150 g/mol. The van der Waals surface area contributed by atoms with Gasteiger partial charge >= 0.3 is 35.8 Å². The van der Waals surface area contributed by atoms with Gasteiger partial charge in [0.25, 0.3) is 0 Å². The molecule has 0 saturated carbocycles. The van der Waals surface area contributed by atoms with Crippen LogP contribution < -0.4 is 64.6 Å². The molecule has 0 aliphatic rings. The molecule has 0 spiro atoms. The molecule has 0 rings (SSSR count).